The number of alkyl halides is 3. The summed E-state index contributed by atoms with van der Waals surface area (Å²) in [6.07, 6.45) is -4.04. The first-order chi connectivity index (χ1) is 15.5. The van der Waals surface area contributed by atoms with E-state index in [4.69, 9.17) is 5.73 Å². The third kappa shape index (κ3) is 4.60. The number of anilines is 1. The standard InChI is InChI=1S/C21H25F4N5O3S/c1-19(2)18(26)29-20(3,11-30(4)34(19,32)33)14-9-13(6-7-15(14)22)28-17(31)16-8-5-12(10-27-16)21(23,24)25/h5-10,32-33H,11H2,1-4H3,(H2,26,29)(H,28,31)/t20-/m0/s1. The molecule has 1 aliphatic rings. The van der Waals surface area contributed by atoms with Crippen molar-refractivity contribution in [1.82, 2.24) is 9.29 Å². The van der Waals surface area contributed by atoms with Gasteiger partial charge in [-0.3, -0.25) is 23.9 Å². The number of aliphatic imine (C=N–C) groups is 1. The maximum absolute atomic E-state index is 14.9. The number of nitrogens with one attached hydrogen (secondary N) is 1. The molecule has 1 atom stereocenters. The minimum atomic E-state index is -4.59. The highest BCUT2D eigenvalue weighted by atomic mass is 32.3. The lowest BCUT2D eigenvalue weighted by molar-refractivity contribution is -0.137. The molecular formula is C21H25F4N5O3S. The Morgan fingerprint density at radius 2 is 1.85 bits per heavy atom. The van der Waals surface area contributed by atoms with Crippen molar-refractivity contribution < 1.29 is 31.5 Å². The van der Waals surface area contributed by atoms with Gasteiger partial charge in [0.25, 0.3) is 5.91 Å². The SMILES string of the molecule is CN1C[C@@](C)(c2cc(NC(=O)c3ccc(C(F)(F)F)cn3)ccc2F)N=C(N)C(C)(C)S1(O)O. The van der Waals surface area contributed by atoms with E-state index in [-0.39, 0.29) is 29.3 Å². The van der Waals surface area contributed by atoms with Crippen LogP contribution in [-0.2, 0) is 11.7 Å². The summed E-state index contributed by atoms with van der Waals surface area (Å²) in [5, 5.41) is 2.47. The van der Waals surface area contributed by atoms with E-state index < -0.39 is 44.5 Å². The third-order valence-electron chi connectivity index (χ3n) is 5.76. The number of aromatic nitrogens is 1. The van der Waals surface area contributed by atoms with Gasteiger partial charge in [-0.05, 0) is 51.1 Å². The van der Waals surface area contributed by atoms with Crippen LogP contribution in [0.3, 0.4) is 0 Å². The zero-order valence-corrected chi connectivity index (χ0v) is 19.6. The van der Waals surface area contributed by atoms with Gasteiger partial charge in [0.2, 0.25) is 0 Å². The normalized spacial score (nSPS) is 23.5. The Morgan fingerprint density at radius 1 is 1.21 bits per heavy atom. The summed E-state index contributed by atoms with van der Waals surface area (Å²) in [5.41, 5.74) is 3.63. The monoisotopic (exact) mass is 503 g/mol. The second kappa shape index (κ2) is 8.48. The van der Waals surface area contributed by atoms with Crippen LogP contribution >= 0.6 is 10.8 Å². The van der Waals surface area contributed by atoms with Crippen molar-refractivity contribution in [2.45, 2.75) is 37.2 Å². The van der Waals surface area contributed by atoms with Crippen LogP contribution in [0.15, 0.2) is 41.5 Å². The summed E-state index contributed by atoms with van der Waals surface area (Å²) in [6.45, 7) is 4.50. The Balaban J connectivity index is 1.95. The zero-order chi connectivity index (χ0) is 25.7. The number of hydrogen-bond acceptors (Lipinski definition) is 7. The number of carbonyl (C=O) groups is 1. The van der Waals surface area contributed by atoms with Gasteiger partial charge in [-0.1, -0.05) is 0 Å². The quantitative estimate of drug-likeness (QED) is 0.459. The molecule has 1 aliphatic heterocycles. The van der Waals surface area contributed by atoms with Crippen molar-refractivity contribution in [3.05, 3.63) is 59.2 Å². The number of halogens is 4. The summed E-state index contributed by atoms with van der Waals surface area (Å²) in [7, 11) is -1.94. The minimum absolute atomic E-state index is 0.0216. The molecule has 0 unspecified atom stereocenters. The molecule has 2 heterocycles. The first-order valence-electron chi connectivity index (χ1n) is 9.98. The van der Waals surface area contributed by atoms with Crippen molar-refractivity contribution in [3.8, 4) is 0 Å². The maximum atomic E-state index is 14.9. The largest absolute Gasteiger partial charge is 0.417 e. The lowest BCUT2D eigenvalue weighted by atomic mass is 9.91. The highest BCUT2D eigenvalue weighted by Gasteiger charge is 2.48. The molecular weight excluding hydrogens is 478 g/mol. The zero-order valence-electron chi connectivity index (χ0n) is 18.8. The first-order valence-corrected chi connectivity index (χ1v) is 11.5. The number of nitrogens with two attached hydrogens (primary N) is 1. The molecule has 0 saturated carbocycles. The molecule has 0 fully saturated rings. The van der Waals surface area contributed by atoms with Crippen LogP contribution in [0, 0.1) is 5.82 Å². The van der Waals surface area contributed by atoms with E-state index in [9.17, 15) is 31.5 Å². The van der Waals surface area contributed by atoms with E-state index in [2.05, 4.69) is 15.3 Å². The number of rotatable bonds is 3. The van der Waals surface area contributed by atoms with Crippen LogP contribution in [0.1, 0.15) is 42.4 Å². The van der Waals surface area contributed by atoms with Crippen LogP contribution < -0.4 is 11.1 Å². The fourth-order valence-corrected chi connectivity index (χ4v) is 5.08. The second-order valence-electron chi connectivity index (χ2n) is 8.66. The molecule has 0 aliphatic carbocycles. The van der Waals surface area contributed by atoms with Gasteiger partial charge in [0.1, 0.15) is 27.6 Å². The van der Waals surface area contributed by atoms with E-state index in [1.165, 1.54) is 37.3 Å². The first kappa shape index (κ1) is 25.9. The molecule has 3 rings (SSSR count). The molecule has 0 bridgehead atoms. The van der Waals surface area contributed by atoms with Gasteiger partial charge >= 0.3 is 6.18 Å². The number of carbonyl (C=O) groups excluding carboxylic acids is 1. The van der Waals surface area contributed by atoms with E-state index in [1.807, 2.05) is 0 Å². The Hall–Kier alpha value is -2.74. The smallest absolute Gasteiger partial charge is 0.386 e. The fraction of sp³-hybridized carbons (Fsp3) is 0.381. The number of pyridine rings is 1. The molecule has 34 heavy (non-hydrogen) atoms. The Labute approximate surface area is 195 Å². The number of likely N-dealkylation sites (N-methyl/N-ethyl adjacent to an activating group) is 1. The van der Waals surface area contributed by atoms with Gasteiger partial charge < -0.3 is 11.1 Å². The van der Waals surface area contributed by atoms with Gasteiger partial charge in [0.05, 0.1) is 5.56 Å². The molecule has 0 radical (unpaired) electrons. The van der Waals surface area contributed by atoms with E-state index >= 15 is 0 Å². The highest BCUT2D eigenvalue weighted by molar-refractivity contribution is 8.24. The van der Waals surface area contributed by atoms with Crippen molar-refractivity contribution in [1.29, 1.82) is 0 Å². The topological polar surface area (TPSA) is 124 Å². The minimum Gasteiger partial charge on any atom is -0.386 e. The van der Waals surface area contributed by atoms with Gasteiger partial charge in [-0.2, -0.15) is 13.2 Å². The number of amides is 1. The molecule has 1 aromatic heterocycles. The van der Waals surface area contributed by atoms with Crippen molar-refractivity contribution in [2.24, 2.45) is 10.7 Å². The molecule has 5 N–H and O–H groups in total. The van der Waals surface area contributed by atoms with Gasteiger partial charge in [0, 0.05) is 31.0 Å². The Morgan fingerprint density at radius 3 is 2.41 bits per heavy atom. The predicted octanol–water partition coefficient (Wildman–Crippen LogP) is 4.45. The predicted molar refractivity (Wildman–Crippen MR) is 122 cm³/mol. The van der Waals surface area contributed by atoms with E-state index in [0.29, 0.717) is 6.20 Å². The van der Waals surface area contributed by atoms with Crippen LogP contribution in [0.2, 0.25) is 0 Å². The Kier molecular flexibility index (Phi) is 6.46. The summed E-state index contributed by atoms with van der Waals surface area (Å²) < 4.78 is 74.4. The molecule has 186 valence electrons. The van der Waals surface area contributed by atoms with Crippen LogP contribution in [0.25, 0.3) is 0 Å². The summed E-state index contributed by atoms with van der Waals surface area (Å²) in [4.78, 5) is 20.5. The van der Waals surface area contributed by atoms with Crippen molar-refractivity contribution in [2.75, 3.05) is 18.9 Å². The number of benzene rings is 1. The average molecular weight is 504 g/mol. The molecule has 13 heteroatoms. The van der Waals surface area contributed by atoms with Gasteiger partial charge in [0.15, 0.2) is 0 Å². The van der Waals surface area contributed by atoms with Crippen LogP contribution in [0.5, 0.6) is 0 Å². The van der Waals surface area contributed by atoms with E-state index in [1.54, 1.807) is 6.92 Å². The van der Waals surface area contributed by atoms with Gasteiger partial charge in [-0.15, -0.1) is 10.8 Å². The molecule has 0 saturated heterocycles. The Bertz CT molecular complexity index is 1140. The lowest BCUT2D eigenvalue weighted by Crippen LogP contribution is -2.46. The third-order valence-corrected chi connectivity index (χ3v) is 8.34. The lowest BCUT2D eigenvalue weighted by Gasteiger charge is -2.50. The molecule has 0 spiro atoms. The van der Waals surface area contributed by atoms with E-state index in [0.717, 1.165) is 18.2 Å². The molecule has 2 aromatic rings. The van der Waals surface area contributed by atoms with Gasteiger partial charge in [-0.25, -0.2) is 8.70 Å². The van der Waals surface area contributed by atoms with Crippen LogP contribution in [0.4, 0.5) is 23.2 Å². The number of amidine groups is 1. The fourth-order valence-electron chi connectivity index (χ4n) is 3.54. The highest BCUT2D eigenvalue weighted by Crippen LogP contribution is 2.57. The second-order valence-corrected chi connectivity index (χ2v) is 11.3. The van der Waals surface area contributed by atoms with Crippen LogP contribution in [-0.4, -0.2) is 48.5 Å². The summed E-state index contributed by atoms with van der Waals surface area (Å²) in [6, 6.07) is 5.34. The van der Waals surface area contributed by atoms with Crippen molar-refractivity contribution in [3.63, 3.8) is 0 Å². The number of nitrogens with zero attached hydrogens (tertiary/aromatic N) is 3. The molecule has 1 aromatic carbocycles. The number of hydrogen-bond donors (Lipinski definition) is 4. The average Bonchev–Trinajstić information content (AvgIpc) is 2.77. The van der Waals surface area contributed by atoms with Crippen molar-refractivity contribution >= 4 is 28.2 Å². The molecule has 8 nitrogen and oxygen atoms in total. The summed E-state index contributed by atoms with van der Waals surface area (Å²) in [5.74, 6) is -1.55. The maximum Gasteiger partial charge on any atom is 0.417 e. The summed E-state index contributed by atoms with van der Waals surface area (Å²) >= 11 is 0. The molecule has 1 amide bonds.